The number of hydrogen-bond acceptors (Lipinski definition) is 4. The van der Waals surface area contributed by atoms with E-state index in [4.69, 9.17) is 0 Å². The van der Waals surface area contributed by atoms with Crippen LogP contribution in [0.1, 0.15) is 5.56 Å². The van der Waals surface area contributed by atoms with E-state index in [0.717, 1.165) is 5.56 Å². The number of nitrogens with one attached hydrogen (secondary N) is 1. The Morgan fingerprint density at radius 2 is 2.24 bits per heavy atom. The normalized spacial score (nSPS) is 10.4. The van der Waals surface area contributed by atoms with Crippen molar-refractivity contribution >= 4 is 5.69 Å². The van der Waals surface area contributed by atoms with Gasteiger partial charge in [0, 0.05) is 24.4 Å². The zero-order chi connectivity index (χ0) is 12.3. The fourth-order valence-corrected chi connectivity index (χ4v) is 1.60. The van der Waals surface area contributed by atoms with Crippen molar-refractivity contribution in [2.24, 2.45) is 0 Å². The van der Waals surface area contributed by atoms with Gasteiger partial charge in [-0.05, 0) is 13.1 Å². The summed E-state index contributed by atoms with van der Waals surface area (Å²) in [5.74, 6) is 0. The van der Waals surface area contributed by atoms with Gasteiger partial charge in [-0.1, -0.05) is 12.1 Å². The third-order valence-corrected chi connectivity index (χ3v) is 2.34. The fourth-order valence-electron chi connectivity index (χ4n) is 1.60. The molecular formula is C11H12N4O2. The molecule has 6 nitrogen and oxygen atoms in total. The summed E-state index contributed by atoms with van der Waals surface area (Å²) < 4.78 is 1.52. The first kappa shape index (κ1) is 11.3. The molecule has 0 bridgehead atoms. The van der Waals surface area contributed by atoms with Gasteiger partial charge in [0.2, 0.25) is 0 Å². The number of nitrogens with zero attached hydrogens (tertiary/aromatic N) is 3. The van der Waals surface area contributed by atoms with E-state index >= 15 is 0 Å². The monoisotopic (exact) mass is 232 g/mol. The van der Waals surface area contributed by atoms with Crippen molar-refractivity contribution in [3.05, 3.63) is 52.3 Å². The summed E-state index contributed by atoms with van der Waals surface area (Å²) >= 11 is 0. The van der Waals surface area contributed by atoms with Gasteiger partial charge in [0.1, 0.15) is 5.69 Å². The number of nitro benzene ring substituents is 1. The molecule has 0 spiro atoms. The average molecular weight is 232 g/mol. The third-order valence-electron chi connectivity index (χ3n) is 2.34. The molecule has 0 atom stereocenters. The Morgan fingerprint density at radius 3 is 2.94 bits per heavy atom. The van der Waals surface area contributed by atoms with Crippen LogP contribution in [0, 0.1) is 10.1 Å². The Kier molecular flexibility index (Phi) is 3.15. The molecule has 0 saturated heterocycles. The summed E-state index contributed by atoms with van der Waals surface area (Å²) in [5.41, 5.74) is 1.50. The number of aromatic nitrogens is 2. The van der Waals surface area contributed by atoms with E-state index in [2.05, 4.69) is 10.4 Å². The molecular weight excluding hydrogens is 220 g/mol. The van der Waals surface area contributed by atoms with E-state index in [1.807, 2.05) is 7.05 Å². The maximum atomic E-state index is 10.9. The number of para-hydroxylation sites is 2. The van der Waals surface area contributed by atoms with E-state index in [1.165, 1.54) is 10.7 Å². The van der Waals surface area contributed by atoms with Crippen molar-refractivity contribution in [1.29, 1.82) is 0 Å². The Morgan fingerprint density at radius 1 is 1.47 bits per heavy atom. The zero-order valence-corrected chi connectivity index (χ0v) is 9.33. The van der Waals surface area contributed by atoms with E-state index in [0.29, 0.717) is 12.2 Å². The summed E-state index contributed by atoms with van der Waals surface area (Å²) in [6.07, 6.45) is 3.46. The molecule has 1 N–H and O–H groups in total. The van der Waals surface area contributed by atoms with Crippen LogP contribution < -0.4 is 5.32 Å². The van der Waals surface area contributed by atoms with E-state index in [1.54, 1.807) is 30.6 Å². The molecule has 1 heterocycles. The molecule has 6 heteroatoms. The molecule has 17 heavy (non-hydrogen) atoms. The second-order valence-electron chi connectivity index (χ2n) is 3.57. The van der Waals surface area contributed by atoms with Crippen LogP contribution >= 0.6 is 0 Å². The second kappa shape index (κ2) is 4.75. The molecule has 88 valence electrons. The Bertz CT molecular complexity index is 536. The van der Waals surface area contributed by atoms with Gasteiger partial charge in [0.25, 0.3) is 5.69 Å². The van der Waals surface area contributed by atoms with Crippen molar-refractivity contribution in [3.8, 4) is 5.69 Å². The highest BCUT2D eigenvalue weighted by Gasteiger charge is 2.14. The summed E-state index contributed by atoms with van der Waals surface area (Å²) in [7, 11) is 1.84. The first-order chi connectivity index (χ1) is 8.22. The number of rotatable bonds is 4. The third kappa shape index (κ3) is 2.31. The average Bonchev–Trinajstić information content (AvgIpc) is 2.78. The molecule has 1 aromatic carbocycles. The van der Waals surface area contributed by atoms with Gasteiger partial charge in [0.15, 0.2) is 0 Å². The summed E-state index contributed by atoms with van der Waals surface area (Å²) in [5, 5.41) is 18.0. The molecule has 0 aliphatic carbocycles. The minimum absolute atomic E-state index is 0.0478. The maximum absolute atomic E-state index is 10.9. The lowest BCUT2D eigenvalue weighted by atomic mass is 10.2. The number of benzene rings is 1. The van der Waals surface area contributed by atoms with Gasteiger partial charge in [-0.15, -0.1) is 0 Å². The van der Waals surface area contributed by atoms with Crippen LogP contribution in [0.5, 0.6) is 0 Å². The standard InChI is InChI=1S/C11H12N4O2/c1-12-6-9-7-13-14(8-9)10-4-2-3-5-11(10)15(16)17/h2-5,7-8,12H,6H2,1H3. The molecule has 0 fully saturated rings. The highest BCUT2D eigenvalue weighted by Crippen LogP contribution is 2.21. The van der Waals surface area contributed by atoms with E-state index in [-0.39, 0.29) is 5.69 Å². The maximum Gasteiger partial charge on any atom is 0.294 e. The van der Waals surface area contributed by atoms with Gasteiger partial charge in [-0.3, -0.25) is 10.1 Å². The summed E-state index contributed by atoms with van der Waals surface area (Å²) in [6.45, 7) is 0.681. The highest BCUT2D eigenvalue weighted by atomic mass is 16.6. The van der Waals surface area contributed by atoms with Crippen molar-refractivity contribution in [2.45, 2.75) is 6.54 Å². The lowest BCUT2D eigenvalue weighted by molar-refractivity contribution is -0.384. The second-order valence-corrected chi connectivity index (χ2v) is 3.57. The van der Waals surface area contributed by atoms with E-state index in [9.17, 15) is 10.1 Å². The number of nitro groups is 1. The SMILES string of the molecule is CNCc1cnn(-c2ccccc2[N+](=O)[O-])c1. The molecule has 0 saturated carbocycles. The van der Waals surface area contributed by atoms with Crippen LogP contribution in [-0.4, -0.2) is 21.8 Å². The molecule has 1 aromatic heterocycles. The Balaban J connectivity index is 2.41. The molecule has 2 rings (SSSR count). The largest absolute Gasteiger partial charge is 0.316 e. The van der Waals surface area contributed by atoms with Crippen molar-refractivity contribution < 1.29 is 4.92 Å². The first-order valence-electron chi connectivity index (χ1n) is 5.14. The lowest BCUT2D eigenvalue weighted by Crippen LogP contribution is -2.04. The van der Waals surface area contributed by atoms with Crippen LogP contribution in [0.15, 0.2) is 36.7 Å². The highest BCUT2D eigenvalue weighted by molar-refractivity contribution is 5.51. The fraction of sp³-hybridized carbons (Fsp3) is 0.182. The predicted molar refractivity (Wildman–Crippen MR) is 63.0 cm³/mol. The van der Waals surface area contributed by atoms with Crippen LogP contribution in [0.4, 0.5) is 5.69 Å². The summed E-state index contributed by atoms with van der Waals surface area (Å²) in [6, 6.07) is 6.53. The Labute approximate surface area is 98.0 Å². The van der Waals surface area contributed by atoms with Crippen molar-refractivity contribution in [1.82, 2.24) is 15.1 Å². The molecule has 0 radical (unpaired) electrons. The molecule has 0 aliphatic heterocycles. The Hall–Kier alpha value is -2.21. The van der Waals surface area contributed by atoms with Crippen LogP contribution in [-0.2, 0) is 6.54 Å². The summed E-state index contributed by atoms with van der Waals surface area (Å²) in [4.78, 5) is 10.5. The first-order valence-corrected chi connectivity index (χ1v) is 5.14. The van der Waals surface area contributed by atoms with Gasteiger partial charge in [-0.25, -0.2) is 4.68 Å². The van der Waals surface area contributed by atoms with E-state index < -0.39 is 4.92 Å². The van der Waals surface area contributed by atoms with Gasteiger partial charge >= 0.3 is 0 Å². The van der Waals surface area contributed by atoms with Gasteiger partial charge in [0.05, 0.1) is 11.1 Å². The van der Waals surface area contributed by atoms with Crippen LogP contribution in [0.2, 0.25) is 0 Å². The predicted octanol–water partition coefficient (Wildman–Crippen LogP) is 1.50. The minimum atomic E-state index is -0.408. The smallest absolute Gasteiger partial charge is 0.294 e. The quantitative estimate of drug-likeness (QED) is 0.640. The molecule has 0 aliphatic rings. The molecule has 2 aromatic rings. The molecule has 0 amide bonds. The topological polar surface area (TPSA) is 73.0 Å². The number of hydrogen-bond donors (Lipinski definition) is 1. The van der Waals surface area contributed by atoms with Crippen LogP contribution in [0.25, 0.3) is 5.69 Å². The van der Waals surface area contributed by atoms with Crippen molar-refractivity contribution in [3.63, 3.8) is 0 Å². The molecule has 0 unspecified atom stereocenters. The van der Waals surface area contributed by atoms with Gasteiger partial charge in [-0.2, -0.15) is 5.10 Å². The minimum Gasteiger partial charge on any atom is -0.316 e. The van der Waals surface area contributed by atoms with Crippen molar-refractivity contribution in [2.75, 3.05) is 7.05 Å². The lowest BCUT2D eigenvalue weighted by Gasteiger charge is -2.01. The van der Waals surface area contributed by atoms with Gasteiger partial charge < -0.3 is 5.32 Å². The van der Waals surface area contributed by atoms with Crippen LogP contribution in [0.3, 0.4) is 0 Å². The zero-order valence-electron chi connectivity index (χ0n) is 9.33.